The number of nitrogens with one attached hydrogen (secondary N) is 1. The van der Waals surface area contributed by atoms with E-state index in [-0.39, 0.29) is 10.9 Å². The van der Waals surface area contributed by atoms with Crippen LogP contribution in [0.25, 0.3) is 0 Å². The third-order valence-corrected chi connectivity index (χ3v) is 5.98. The van der Waals surface area contributed by atoms with E-state index in [9.17, 15) is 8.42 Å². The summed E-state index contributed by atoms with van der Waals surface area (Å²) in [7, 11) is -1.81. The van der Waals surface area contributed by atoms with Crippen LogP contribution in [0.3, 0.4) is 0 Å². The summed E-state index contributed by atoms with van der Waals surface area (Å²) in [5, 5.41) is 4.17. The zero-order chi connectivity index (χ0) is 14.9. The molecular weight excluding hydrogens is 276 g/mol. The van der Waals surface area contributed by atoms with Crippen LogP contribution < -0.4 is 10.5 Å². The van der Waals surface area contributed by atoms with E-state index in [4.69, 9.17) is 5.73 Å². The van der Waals surface area contributed by atoms with Crippen molar-refractivity contribution in [2.75, 3.05) is 6.54 Å². The van der Waals surface area contributed by atoms with Gasteiger partial charge in [-0.3, -0.25) is 4.68 Å². The maximum absolute atomic E-state index is 12.6. The van der Waals surface area contributed by atoms with Crippen LogP contribution in [0.2, 0.25) is 0 Å². The molecule has 7 heteroatoms. The van der Waals surface area contributed by atoms with Crippen LogP contribution in [0.5, 0.6) is 0 Å². The van der Waals surface area contributed by atoms with Gasteiger partial charge in [-0.15, -0.1) is 0 Å². The molecule has 114 valence electrons. The van der Waals surface area contributed by atoms with Gasteiger partial charge in [-0.05, 0) is 32.6 Å². The Balaban J connectivity index is 2.25. The van der Waals surface area contributed by atoms with Gasteiger partial charge in [0.05, 0.1) is 11.4 Å². The van der Waals surface area contributed by atoms with Gasteiger partial charge in [0.1, 0.15) is 4.90 Å². The number of aromatic nitrogens is 2. The van der Waals surface area contributed by atoms with E-state index in [2.05, 4.69) is 9.82 Å². The first-order valence-corrected chi connectivity index (χ1v) is 8.57. The van der Waals surface area contributed by atoms with Crippen molar-refractivity contribution in [3.8, 4) is 0 Å². The smallest absolute Gasteiger partial charge is 0.244 e. The second-order valence-electron chi connectivity index (χ2n) is 5.63. The predicted octanol–water partition coefficient (Wildman–Crippen LogP) is 0.833. The largest absolute Gasteiger partial charge is 0.329 e. The molecule has 0 amide bonds. The number of hydrogen-bond donors (Lipinski definition) is 2. The Morgan fingerprint density at radius 3 is 2.45 bits per heavy atom. The zero-order valence-corrected chi connectivity index (χ0v) is 13.2. The van der Waals surface area contributed by atoms with Gasteiger partial charge in [0.25, 0.3) is 0 Å². The number of aryl methyl sites for hydroxylation is 2. The highest BCUT2D eigenvalue weighted by Gasteiger charge is 2.31. The molecule has 1 aliphatic carbocycles. The van der Waals surface area contributed by atoms with E-state index in [1.165, 1.54) is 0 Å². The molecule has 0 aromatic carbocycles. The average Bonchev–Trinajstić information content (AvgIpc) is 2.96. The highest BCUT2D eigenvalue weighted by molar-refractivity contribution is 7.89. The van der Waals surface area contributed by atoms with E-state index >= 15 is 0 Å². The van der Waals surface area contributed by atoms with Gasteiger partial charge in [-0.2, -0.15) is 5.10 Å². The second-order valence-corrected chi connectivity index (χ2v) is 7.28. The normalized spacial score (nSPS) is 18.6. The predicted molar refractivity (Wildman–Crippen MR) is 77.8 cm³/mol. The van der Waals surface area contributed by atoms with Crippen LogP contribution in [-0.2, 0) is 17.1 Å². The van der Waals surface area contributed by atoms with Crippen LogP contribution in [0, 0.1) is 19.8 Å². The number of nitrogens with two attached hydrogens (primary N) is 1. The standard InChI is InChI=1S/C13H24N4O2S/c1-9-13(10(2)17(3)15-9)20(18,19)16-12(8-14)11-6-4-5-7-11/h11-12,16H,4-8,14H2,1-3H3. The average molecular weight is 300 g/mol. The number of rotatable bonds is 5. The summed E-state index contributed by atoms with van der Waals surface area (Å²) >= 11 is 0. The quantitative estimate of drug-likeness (QED) is 0.843. The van der Waals surface area contributed by atoms with Gasteiger partial charge in [0, 0.05) is 19.6 Å². The topological polar surface area (TPSA) is 90.0 Å². The molecule has 6 nitrogen and oxygen atoms in total. The van der Waals surface area contributed by atoms with Crippen molar-refractivity contribution >= 4 is 10.0 Å². The Morgan fingerprint density at radius 2 is 2.00 bits per heavy atom. The van der Waals surface area contributed by atoms with Crippen molar-refractivity contribution in [2.24, 2.45) is 18.7 Å². The maximum Gasteiger partial charge on any atom is 0.244 e. The minimum atomic E-state index is -3.56. The minimum absolute atomic E-state index is 0.179. The molecular formula is C13H24N4O2S. The summed E-state index contributed by atoms with van der Waals surface area (Å²) < 4.78 is 29.6. The second kappa shape index (κ2) is 5.83. The first kappa shape index (κ1) is 15.5. The molecule has 0 saturated heterocycles. The number of hydrogen-bond acceptors (Lipinski definition) is 4. The molecule has 2 rings (SSSR count). The van der Waals surface area contributed by atoms with Crippen molar-refractivity contribution in [3.05, 3.63) is 11.4 Å². The van der Waals surface area contributed by atoms with Gasteiger partial charge in [-0.25, -0.2) is 13.1 Å². The van der Waals surface area contributed by atoms with Crippen molar-refractivity contribution in [3.63, 3.8) is 0 Å². The lowest BCUT2D eigenvalue weighted by atomic mass is 9.99. The summed E-state index contributed by atoms with van der Waals surface area (Å²) in [5.74, 6) is 0.354. The Kier molecular flexibility index (Phi) is 4.51. The fourth-order valence-electron chi connectivity index (χ4n) is 3.10. The summed E-state index contributed by atoms with van der Waals surface area (Å²) in [6, 6.07) is -0.179. The molecule has 0 radical (unpaired) electrons. The van der Waals surface area contributed by atoms with Gasteiger partial charge in [-0.1, -0.05) is 12.8 Å². The summed E-state index contributed by atoms with van der Waals surface area (Å²) in [6.07, 6.45) is 4.42. The molecule has 20 heavy (non-hydrogen) atoms. The molecule has 1 aromatic heterocycles. The molecule has 0 spiro atoms. The Morgan fingerprint density at radius 1 is 1.40 bits per heavy atom. The fourth-order valence-corrected chi connectivity index (χ4v) is 4.85. The lowest BCUT2D eigenvalue weighted by Gasteiger charge is -2.23. The highest BCUT2D eigenvalue weighted by Crippen LogP contribution is 2.28. The third-order valence-electron chi connectivity index (χ3n) is 4.24. The van der Waals surface area contributed by atoms with Gasteiger partial charge in [0.2, 0.25) is 10.0 Å². The monoisotopic (exact) mass is 300 g/mol. The number of sulfonamides is 1. The van der Waals surface area contributed by atoms with Gasteiger partial charge < -0.3 is 5.73 Å². The van der Waals surface area contributed by atoms with E-state index < -0.39 is 10.0 Å². The van der Waals surface area contributed by atoms with Crippen molar-refractivity contribution in [2.45, 2.75) is 50.5 Å². The van der Waals surface area contributed by atoms with Gasteiger partial charge in [0.15, 0.2) is 0 Å². The lowest BCUT2D eigenvalue weighted by Crippen LogP contribution is -2.44. The molecule has 1 heterocycles. The van der Waals surface area contributed by atoms with Crippen LogP contribution >= 0.6 is 0 Å². The minimum Gasteiger partial charge on any atom is -0.329 e. The first-order chi connectivity index (χ1) is 9.36. The Hall–Kier alpha value is -0.920. The van der Waals surface area contributed by atoms with Crippen molar-refractivity contribution in [1.29, 1.82) is 0 Å². The number of nitrogens with zero attached hydrogens (tertiary/aromatic N) is 2. The SMILES string of the molecule is Cc1nn(C)c(C)c1S(=O)(=O)NC(CN)C1CCCC1. The third kappa shape index (κ3) is 2.89. The zero-order valence-electron chi connectivity index (χ0n) is 12.4. The van der Waals surface area contributed by atoms with Crippen LogP contribution in [0.4, 0.5) is 0 Å². The van der Waals surface area contributed by atoms with E-state index in [0.29, 0.717) is 23.9 Å². The molecule has 0 aliphatic heterocycles. The highest BCUT2D eigenvalue weighted by atomic mass is 32.2. The Bertz CT molecular complexity index is 573. The van der Waals surface area contributed by atoms with E-state index in [1.807, 2.05) is 0 Å². The fraction of sp³-hybridized carbons (Fsp3) is 0.769. The molecule has 1 saturated carbocycles. The van der Waals surface area contributed by atoms with Gasteiger partial charge >= 0.3 is 0 Å². The Labute approximate surface area is 120 Å². The lowest BCUT2D eigenvalue weighted by molar-refractivity contribution is 0.405. The molecule has 1 fully saturated rings. The van der Waals surface area contributed by atoms with Crippen LogP contribution in [-0.4, -0.2) is 30.8 Å². The van der Waals surface area contributed by atoms with Crippen molar-refractivity contribution < 1.29 is 8.42 Å². The molecule has 1 atom stereocenters. The van der Waals surface area contributed by atoms with Crippen LogP contribution in [0.15, 0.2) is 4.90 Å². The first-order valence-electron chi connectivity index (χ1n) is 7.09. The summed E-state index contributed by atoms with van der Waals surface area (Å²) in [5.41, 5.74) is 6.95. The van der Waals surface area contributed by atoms with E-state index in [1.54, 1.807) is 25.6 Å². The summed E-state index contributed by atoms with van der Waals surface area (Å²) in [6.45, 7) is 3.82. The molecule has 1 unspecified atom stereocenters. The van der Waals surface area contributed by atoms with Crippen molar-refractivity contribution in [1.82, 2.24) is 14.5 Å². The maximum atomic E-state index is 12.6. The van der Waals surface area contributed by atoms with Crippen LogP contribution in [0.1, 0.15) is 37.1 Å². The molecule has 0 bridgehead atoms. The summed E-state index contributed by atoms with van der Waals surface area (Å²) in [4.78, 5) is 0.288. The molecule has 1 aliphatic rings. The van der Waals surface area contributed by atoms with E-state index in [0.717, 1.165) is 25.7 Å². The molecule has 3 N–H and O–H groups in total. The molecule has 1 aromatic rings.